The van der Waals surface area contributed by atoms with Crippen LogP contribution in [0, 0.1) is 5.92 Å². The van der Waals surface area contributed by atoms with Gasteiger partial charge in [0.1, 0.15) is 0 Å². The Kier molecular flexibility index (Phi) is 3.81. The Morgan fingerprint density at radius 3 is 2.67 bits per heavy atom. The molecule has 1 aliphatic rings. The second-order valence-corrected chi connectivity index (χ2v) is 5.56. The predicted octanol–water partition coefficient (Wildman–Crippen LogP) is 3.98. The third-order valence-electron chi connectivity index (χ3n) is 3.66. The summed E-state index contributed by atoms with van der Waals surface area (Å²) >= 11 is 1.79. The van der Waals surface area contributed by atoms with E-state index in [1.54, 1.807) is 11.3 Å². The molecule has 1 aromatic rings. The Labute approximate surface area is 96.9 Å². The van der Waals surface area contributed by atoms with Gasteiger partial charge in [0.05, 0.1) is 0 Å². The van der Waals surface area contributed by atoms with Crippen molar-refractivity contribution in [3.63, 3.8) is 0 Å². The minimum atomic E-state index is 0.506. The van der Waals surface area contributed by atoms with E-state index in [0.29, 0.717) is 12.1 Å². The monoisotopic (exact) mass is 223 g/mol. The van der Waals surface area contributed by atoms with Gasteiger partial charge in [-0.2, -0.15) is 11.3 Å². The van der Waals surface area contributed by atoms with Crippen molar-refractivity contribution in [3.05, 3.63) is 22.4 Å². The molecule has 0 aromatic carbocycles. The molecule has 15 heavy (non-hydrogen) atoms. The van der Waals surface area contributed by atoms with Crippen LogP contribution >= 0.6 is 11.3 Å². The van der Waals surface area contributed by atoms with E-state index >= 15 is 0 Å². The molecule has 2 heteroatoms. The fourth-order valence-electron chi connectivity index (χ4n) is 2.61. The SMILES string of the molecule is CC(N[C@@H](C)C1CCCC1)c1ccsc1. The lowest BCUT2D eigenvalue weighted by Gasteiger charge is -2.24. The molecule has 1 unspecified atom stereocenters. The molecule has 2 atom stereocenters. The Morgan fingerprint density at radius 1 is 1.33 bits per heavy atom. The van der Waals surface area contributed by atoms with Crippen molar-refractivity contribution in [1.29, 1.82) is 0 Å². The molecule has 1 fully saturated rings. The van der Waals surface area contributed by atoms with Crippen LogP contribution in [0.2, 0.25) is 0 Å². The molecule has 1 nitrogen and oxygen atoms in total. The summed E-state index contributed by atoms with van der Waals surface area (Å²) in [5.41, 5.74) is 1.44. The molecule has 0 aliphatic heterocycles. The van der Waals surface area contributed by atoms with Crippen LogP contribution in [0.4, 0.5) is 0 Å². The lowest BCUT2D eigenvalue weighted by Crippen LogP contribution is -2.34. The first kappa shape index (κ1) is 11.2. The van der Waals surface area contributed by atoms with E-state index in [1.807, 2.05) is 0 Å². The van der Waals surface area contributed by atoms with Gasteiger partial charge in [0, 0.05) is 12.1 Å². The second kappa shape index (κ2) is 5.13. The van der Waals surface area contributed by atoms with Gasteiger partial charge < -0.3 is 5.32 Å². The highest BCUT2D eigenvalue weighted by molar-refractivity contribution is 7.07. The molecule has 0 amide bonds. The summed E-state index contributed by atoms with van der Waals surface area (Å²) in [6, 6.07) is 3.40. The van der Waals surface area contributed by atoms with Crippen molar-refractivity contribution in [2.24, 2.45) is 5.92 Å². The van der Waals surface area contributed by atoms with Crippen molar-refractivity contribution in [3.8, 4) is 0 Å². The van der Waals surface area contributed by atoms with Crippen molar-refractivity contribution in [1.82, 2.24) is 5.32 Å². The number of thiophene rings is 1. The Hall–Kier alpha value is -0.340. The van der Waals surface area contributed by atoms with Crippen LogP contribution in [0.5, 0.6) is 0 Å². The topological polar surface area (TPSA) is 12.0 Å². The zero-order valence-electron chi connectivity index (χ0n) is 9.70. The smallest absolute Gasteiger partial charge is 0.0302 e. The molecule has 1 aliphatic carbocycles. The van der Waals surface area contributed by atoms with Crippen LogP contribution in [-0.2, 0) is 0 Å². The second-order valence-electron chi connectivity index (χ2n) is 4.78. The third-order valence-corrected chi connectivity index (χ3v) is 4.36. The van der Waals surface area contributed by atoms with Gasteiger partial charge >= 0.3 is 0 Å². The summed E-state index contributed by atoms with van der Waals surface area (Å²) in [6.07, 6.45) is 5.71. The van der Waals surface area contributed by atoms with Crippen LogP contribution in [0.1, 0.15) is 51.1 Å². The summed E-state index contributed by atoms with van der Waals surface area (Å²) in [5, 5.41) is 8.14. The fraction of sp³-hybridized carbons (Fsp3) is 0.692. The van der Waals surface area contributed by atoms with Gasteiger partial charge in [0.15, 0.2) is 0 Å². The van der Waals surface area contributed by atoms with Crippen LogP contribution in [0.3, 0.4) is 0 Å². The molecule has 0 radical (unpaired) electrons. The Bertz CT molecular complexity index is 275. The van der Waals surface area contributed by atoms with Crippen molar-refractivity contribution in [2.45, 2.75) is 51.6 Å². The van der Waals surface area contributed by atoms with Crippen molar-refractivity contribution < 1.29 is 0 Å². The van der Waals surface area contributed by atoms with Gasteiger partial charge in [-0.15, -0.1) is 0 Å². The maximum atomic E-state index is 3.73. The Balaban J connectivity index is 1.85. The normalized spacial score (nSPS) is 21.7. The predicted molar refractivity (Wildman–Crippen MR) is 67.3 cm³/mol. The first-order valence-electron chi connectivity index (χ1n) is 6.05. The van der Waals surface area contributed by atoms with E-state index in [9.17, 15) is 0 Å². The number of nitrogens with one attached hydrogen (secondary N) is 1. The standard InChI is InChI=1S/C13H21NS/c1-10(12-5-3-4-6-12)14-11(2)13-7-8-15-9-13/h7-12,14H,3-6H2,1-2H3/t10-,11?/m0/s1. The average molecular weight is 223 g/mol. The number of rotatable bonds is 4. The minimum absolute atomic E-state index is 0.506. The molecule has 1 heterocycles. The molecular formula is C13H21NS. The summed E-state index contributed by atoms with van der Waals surface area (Å²) in [4.78, 5) is 0. The van der Waals surface area contributed by atoms with Crippen molar-refractivity contribution in [2.75, 3.05) is 0 Å². The summed E-state index contributed by atoms with van der Waals surface area (Å²) < 4.78 is 0. The van der Waals surface area contributed by atoms with E-state index in [1.165, 1.54) is 31.2 Å². The average Bonchev–Trinajstić information content (AvgIpc) is 2.91. The highest BCUT2D eigenvalue weighted by atomic mass is 32.1. The van der Waals surface area contributed by atoms with Crippen LogP contribution < -0.4 is 5.32 Å². The van der Waals surface area contributed by atoms with Gasteiger partial charge in [-0.05, 0) is 55.0 Å². The quantitative estimate of drug-likeness (QED) is 0.814. The van der Waals surface area contributed by atoms with E-state index in [2.05, 4.69) is 36.0 Å². The zero-order valence-corrected chi connectivity index (χ0v) is 10.5. The first-order valence-corrected chi connectivity index (χ1v) is 7.00. The molecule has 1 saturated carbocycles. The highest BCUT2D eigenvalue weighted by Gasteiger charge is 2.22. The van der Waals surface area contributed by atoms with Gasteiger partial charge in [0.2, 0.25) is 0 Å². The number of hydrogen-bond donors (Lipinski definition) is 1. The van der Waals surface area contributed by atoms with E-state index in [4.69, 9.17) is 0 Å². The highest BCUT2D eigenvalue weighted by Crippen LogP contribution is 2.29. The summed E-state index contributed by atoms with van der Waals surface area (Å²) in [6.45, 7) is 4.62. The molecule has 1 aromatic heterocycles. The largest absolute Gasteiger partial charge is 0.307 e. The number of hydrogen-bond acceptors (Lipinski definition) is 2. The molecular weight excluding hydrogens is 202 g/mol. The maximum absolute atomic E-state index is 3.73. The maximum Gasteiger partial charge on any atom is 0.0302 e. The molecule has 2 rings (SSSR count). The lowest BCUT2D eigenvalue weighted by molar-refractivity contribution is 0.353. The van der Waals surface area contributed by atoms with E-state index in [-0.39, 0.29) is 0 Å². The van der Waals surface area contributed by atoms with E-state index < -0.39 is 0 Å². The molecule has 84 valence electrons. The first-order chi connectivity index (χ1) is 7.27. The van der Waals surface area contributed by atoms with Crippen LogP contribution in [0.15, 0.2) is 16.8 Å². The summed E-state index contributed by atoms with van der Waals surface area (Å²) in [7, 11) is 0. The van der Waals surface area contributed by atoms with Crippen LogP contribution in [0.25, 0.3) is 0 Å². The van der Waals surface area contributed by atoms with Crippen molar-refractivity contribution >= 4 is 11.3 Å². The zero-order chi connectivity index (χ0) is 10.7. The molecule has 0 bridgehead atoms. The van der Waals surface area contributed by atoms with Gasteiger partial charge in [0.25, 0.3) is 0 Å². The van der Waals surface area contributed by atoms with E-state index in [0.717, 1.165) is 5.92 Å². The van der Waals surface area contributed by atoms with Gasteiger partial charge in [-0.25, -0.2) is 0 Å². The third kappa shape index (κ3) is 2.82. The van der Waals surface area contributed by atoms with Gasteiger partial charge in [-0.3, -0.25) is 0 Å². The molecule has 1 N–H and O–H groups in total. The summed E-state index contributed by atoms with van der Waals surface area (Å²) in [5.74, 6) is 0.908. The van der Waals surface area contributed by atoms with Crippen LogP contribution in [-0.4, -0.2) is 6.04 Å². The molecule has 0 saturated heterocycles. The lowest BCUT2D eigenvalue weighted by atomic mass is 9.98. The minimum Gasteiger partial charge on any atom is -0.307 e. The fourth-order valence-corrected chi connectivity index (χ4v) is 3.36. The Morgan fingerprint density at radius 2 is 2.07 bits per heavy atom. The van der Waals surface area contributed by atoms with Gasteiger partial charge in [-0.1, -0.05) is 12.8 Å². The molecule has 0 spiro atoms.